The van der Waals surface area contributed by atoms with E-state index in [1.165, 1.54) is 6.07 Å². The highest BCUT2D eigenvalue weighted by Crippen LogP contribution is 2.21. The second-order valence-electron chi connectivity index (χ2n) is 7.14. The number of nitrogens with one attached hydrogen (secondary N) is 1. The molecule has 1 aliphatic rings. The molecule has 0 spiro atoms. The van der Waals surface area contributed by atoms with Crippen molar-refractivity contribution in [1.29, 1.82) is 0 Å². The Balaban J connectivity index is 1.21. The van der Waals surface area contributed by atoms with Gasteiger partial charge >= 0.3 is 6.03 Å². The lowest BCUT2D eigenvalue weighted by Gasteiger charge is -2.38. The molecule has 1 aliphatic heterocycles. The number of carbonyl (C=O) groups excluding carboxylic acids is 1. The van der Waals surface area contributed by atoms with Crippen molar-refractivity contribution in [1.82, 2.24) is 14.8 Å². The van der Waals surface area contributed by atoms with Crippen LogP contribution in [0.15, 0.2) is 48.7 Å². The van der Waals surface area contributed by atoms with Gasteiger partial charge in [-0.05, 0) is 41.3 Å². The third-order valence-corrected chi connectivity index (χ3v) is 5.01. The maximum atomic E-state index is 13.2. The molecule has 0 saturated carbocycles. The molecule has 2 amide bonds. The SMILES string of the molecule is Cn1ccc2cc(CNC(=O)N3CC(COc4ccc(F)c(F)c4)C3)ccc21. The van der Waals surface area contributed by atoms with Gasteiger partial charge in [0.15, 0.2) is 11.6 Å². The predicted molar refractivity (Wildman–Crippen MR) is 102 cm³/mol. The molecule has 1 aromatic heterocycles. The smallest absolute Gasteiger partial charge is 0.317 e. The fourth-order valence-corrected chi connectivity index (χ4v) is 3.35. The lowest BCUT2D eigenvalue weighted by Crippen LogP contribution is -2.55. The van der Waals surface area contributed by atoms with Crippen LogP contribution in [-0.4, -0.2) is 35.2 Å². The van der Waals surface area contributed by atoms with Crippen molar-refractivity contribution in [2.24, 2.45) is 13.0 Å². The Morgan fingerprint density at radius 3 is 2.75 bits per heavy atom. The fourth-order valence-electron chi connectivity index (χ4n) is 3.35. The third kappa shape index (κ3) is 3.78. The molecule has 146 valence electrons. The van der Waals surface area contributed by atoms with E-state index in [0.717, 1.165) is 28.6 Å². The van der Waals surface area contributed by atoms with Crippen LogP contribution in [0.2, 0.25) is 0 Å². The maximum absolute atomic E-state index is 13.2. The molecular formula is C21H21F2N3O2. The number of amides is 2. The summed E-state index contributed by atoms with van der Waals surface area (Å²) in [6.07, 6.45) is 2.01. The lowest BCUT2D eigenvalue weighted by atomic mass is 10.0. The molecule has 0 atom stereocenters. The minimum Gasteiger partial charge on any atom is -0.493 e. The summed E-state index contributed by atoms with van der Waals surface area (Å²) >= 11 is 0. The van der Waals surface area contributed by atoms with Crippen molar-refractivity contribution in [3.05, 3.63) is 65.9 Å². The van der Waals surface area contributed by atoms with Gasteiger partial charge in [0.1, 0.15) is 5.75 Å². The molecule has 1 N–H and O–H groups in total. The van der Waals surface area contributed by atoms with E-state index < -0.39 is 11.6 Å². The number of likely N-dealkylation sites (tertiary alicyclic amines) is 1. The van der Waals surface area contributed by atoms with E-state index in [0.29, 0.717) is 26.2 Å². The minimum absolute atomic E-state index is 0.114. The number of carbonyl (C=O) groups is 1. The van der Waals surface area contributed by atoms with Crippen LogP contribution in [0.25, 0.3) is 10.9 Å². The number of aryl methyl sites for hydroxylation is 1. The molecular weight excluding hydrogens is 364 g/mol. The Morgan fingerprint density at radius 1 is 1.14 bits per heavy atom. The van der Waals surface area contributed by atoms with Crippen molar-refractivity contribution in [3.63, 3.8) is 0 Å². The van der Waals surface area contributed by atoms with Crippen LogP contribution in [0.3, 0.4) is 0 Å². The number of hydrogen-bond acceptors (Lipinski definition) is 2. The number of halogens is 2. The average Bonchev–Trinajstić information content (AvgIpc) is 3.02. The molecule has 0 aliphatic carbocycles. The van der Waals surface area contributed by atoms with Crippen LogP contribution in [-0.2, 0) is 13.6 Å². The van der Waals surface area contributed by atoms with Crippen molar-refractivity contribution in [2.45, 2.75) is 6.54 Å². The first-order valence-electron chi connectivity index (χ1n) is 9.14. The zero-order chi connectivity index (χ0) is 19.7. The zero-order valence-corrected chi connectivity index (χ0v) is 15.5. The summed E-state index contributed by atoms with van der Waals surface area (Å²) in [6, 6.07) is 11.5. The number of nitrogens with zero attached hydrogens (tertiary/aromatic N) is 2. The molecule has 5 nitrogen and oxygen atoms in total. The van der Waals surface area contributed by atoms with Crippen molar-refractivity contribution < 1.29 is 18.3 Å². The highest BCUT2D eigenvalue weighted by molar-refractivity contribution is 5.81. The van der Waals surface area contributed by atoms with Gasteiger partial charge in [-0.15, -0.1) is 0 Å². The molecule has 7 heteroatoms. The second kappa shape index (κ2) is 7.50. The molecule has 0 unspecified atom stereocenters. The summed E-state index contributed by atoms with van der Waals surface area (Å²) in [4.78, 5) is 14.0. The van der Waals surface area contributed by atoms with Gasteiger partial charge in [-0.2, -0.15) is 0 Å². The van der Waals surface area contributed by atoms with E-state index in [2.05, 4.69) is 16.0 Å². The van der Waals surface area contributed by atoms with Gasteiger partial charge in [0.25, 0.3) is 0 Å². The van der Waals surface area contributed by atoms with Gasteiger partial charge < -0.3 is 19.5 Å². The maximum Gasteiger partial charge on any atom is 0.317 e. The van der Waals surface area contributed by atoms with Crippen LogP contribution in [0.5, 0.6) is 5.75 Å². The Labute approximate surface area is 161 Å². The Bertz CT molecular complexity index is 1010. The fraction of sp³-hybridized carbons (Fsp3) is 0.286. The first kappa shape index (κ1) is 18.3. The van der Waals surface area contributed by atoms with Gasteiger partial charge in [-0.3, -0.25) is 0 Å². The van der Waals surface area contributed by atoms with Crippen LogP contribution >= 0.6 is 0 Å². The predicted octanol–water partition coefficient (Wildman–Crippen LogP) is 3.68. The lowest BCUT2D eigenvalue weighted by molar-refractivity contribution is 0.0853. The van der Waals surface area contributed by atoms with Crippen molar-refractivity contribution in [2.75, 3.05) is 19.7 Å². The Morgan fingerprint density at radius 2 is 1.96 bits per heavy atom. The molecule has 1 fully saturated rings. The Kier molecular flexibility index (Phi) is 4.90. The van der Waals surface area contributed by atoms with Gasteiger partial charge in [0, 0.05) is 50.4 Å². The molecule has 3 aromatic rings. The van der Waals surface area contributed by atoms with Crippen molar-refractivity contribution >= 4 is 16.9 Å². The van der Waals surface area contributed by atoms with E-state index in [1.54, 1.807) is 4.90 Å². The summed E-state index contributed by atoms with van der Waals surface area (Å²) in [5.74, 6) is -1.36. The van der Waals surface area contributed by atoms with Crippen LogP contribution in [0, 0.1) is 17.6 Å². The highest BCUT2D eigenvalue weighted by Gasteiger charge is 2.31. The summed E-state index contributed by atoms with van der Waals surface area (Å²) < 4.78 is 33.6. The van der Waals surface area contributed by atoms with Gasteiger partial charge in [0.2, 0.25) is 0 Å². The molecule has 28 heavy (non-hydrogen) atoms. The van der Waals surface area contributed by atoms with Crippen LogP contribution in [0.1, 0.15) is 5.56 Å². The molecule has 1 saturated heterocycles. The molecule has 0 bridgehead atoms. The third-order valence-electron chi connectivity index (χ3n) is 5.01. The number of benzene rings is 2. The number of ether oxygens (including phenoxy) is 1. The first-order valence-corrected chi connectivity index (χ1v) is 9.14. The van der Waals surface area contributed by atoms with Gasteiger partial charge in [-0.25, -0.2) is 13.6 Å². The highest BCUT2D eigenvalue weighted by atomic mass is 19.2. The number of aromatic nitrogens is 1. The van der Waals surface area contributed by atoms with Crippen molar-refractivity contribution in [3.8, 4) is 5.75 Å². The number of rotatable bonds is 5. The summed E-state index contributed by atoms with van der Waals surface area (Å²) in [6.45, 7) is 1.98. The van der Waals surface area contributed by atoms with Crippen LogP contribution < -0.4 is 10.1 Å². The van der Waals surface area contributed by atoms with E-state index in [4.69, 9.17) is 4.74 Å². The normalized spacial score (nSPS) is 14.2. The second-order valence-corrected chi connectivity index (χ2v) is 7.14. The minimum atomic E-state index is -0.930. The molecule has 2 heterocycles. The van der Waals surface area contributed by atoms with Crippen LogP contribution in [0.4, 0.5) is 13.6 Å². The van der Waals surface area contributed by atoms with E-state index >= 15 is 0 Å². The number of fused-ring (bicyclic) bond motifs is 1. The van der Waals surface area contributed by atoms with Gasteiger partial charge in [-0.1, -0.05) is 6.07 Å². The summed E-state index contributed by atoms with van der Waals surface area (Å²) in [5.41, 5.74) is 2.20. The molecule has 0 radical (unpaired) electrons. The van der Waals surface area contributed by atoms with Gasteiger partial charge in [0.05, 0.1) is 6.61 Å². The monoisotopic (exact) mass is 385 g/mol. The van der Waals surface area contributed by atoms with E-state index in [1.807, 2.05) is 31.4 Å². The summed E-state index contributed by atoms with van der Waals surface area (Å²) in [5, 5.41) is 4.07. The molecule has 4 rings (SSSR count). The number of hydrogen-bond donors (Lipinski definition) is 1. The quantitative estimate of drug-likeness (QED) is 0.728. The summed E-state index contributed by atoms with van der Waals surface area (Å²) in [7, 11) is 2.00. The molecule has 2 aromatic carbocycles. The largest absolute Gasteiger partial charge is 0.493 e. The van der Waals surface area contributed by atoms with E-state index in [9.17, 15) is 13.6 Å². The van der Waals surface area contributed by atoms with E-state index in [-0.39, 0.29) is 17.7 Å². The number of urea groups is 1. The first-order chi connectivity index (χ1) is 13.5. The topological polar surface area (TPSA) is 46.5 Å². The standard InChI is InChI=1S/C21H21F2N3O2/c1-25-7-6-16-8-14(2-5-20(16)25)10-24-21(27)26-11-15(12-26)13-28-17-3-4-18(22)19(23)9-17/h2-9,15H,10-13H2,1H3,(H,24,27). The zero-order valence-electron chi connectivity index (χ0n) is 15.5. The average molecular weight is 385 g/mol. The Hall–Kier alpha value is -3.09.